The number of rotatable bonds is 11. The molecule has 0 saturated carbocycles. The molecule has 1 aromatic heterocycles. The lowest BCUT2D eigenvalue weighted by Gasteiger charge is -2.44. The Labute approximate surface area is 354 Å². The second-order valence-corrected chi connectivity index (χ2v) is 15.0. The zero-order chi connectivity index (χ0) is 45.4. The van der Waals surface area contributed by atoms with Gasteiger partial charge in [-0.25, -0.2) is 4.79 Å². The van der Waals surface area contributed by atoms with Gasteiger partial charge < -0.3 is 98.9 Å². The highest BCUT2D eigenvalue weighted by atomic mass is 16.8. The number of benzene rings is 3. The van der Waals surface area contributed by atoms with Gasteiger partial charge in [0, 0.05) is 23.8 Å². The number of aliphatic hydroxyl groups excluding tert-OH is 8. The van der Waals surface area contributed by atoms with E-state index in [0.29, 0.717) is 5.56 Å². The van der Waals surface area contributed by atoms with Crippen molar-refractivity contribution in [2.45, 2.75) is 92.9 Å². The molecule has 0 spiro atoms. The van der Waals surface area contributed by atoms with Crippen LogP contribution in [0.4, 0.5) is 0 Å². The van der Waals surface area contributed by atoms with Crippen LogP contribution in [0, 0.1) is 0 Å². The minimum atomic E-state index is -2.04. The second kappa shape index (κ2) is 18.6. The van der Waals surface area contributed by atoms with Crippen LogP contribution < -0.4 is 14.9 Å². The molecule has 22 heteroatoms. The van der Waals surface area contributed by atoms with E-state index in [1.54, 1.807) is 0 Å². The maximum Gasteiger partial charge on any atom is 0.330 e. The fourth-order valence-corrected chi connectivity index (χ4v) is 6.94. The highest BCUT2D eigenvalue weighted by Crippen LogP contribution is 2.40. The van der Waals surface area contributed by atoms with Crippen LogP contribution in [0.25, 0.3) is 28.4 Å². The molecule has 22 nitrogen and oxygen atoms in total. The average molecular weight is 889 g/mol. The molecule has 0 amide bonds. The number of carbonyl (C=O) groups is 1. The van der Waals surface area contributed by atoms with E-state index in [4.69, 9.17) is 37.6 Å². The molecular weight excluding hydrogens is 844 g/mol. The molecule has 14 atom stereocenters. The van der Waals surface area contributed by atoms with Gasteiger partial charge in [0.1, 0.15) is 89.8 Å². The minimum Gasteiger partial charge on any atom is -0.508 e. The van der Waals surface area contributed by atoms with Crippen molar-refractivity contribution in [2.75, 3.05) is 13.2 Å². The number of carbonyl (C=O) groups excluding carboxylic acids is 1. The molecule has 4 heterocycles. The lowest BCUT2D eigenvalue weighted by molar-refractivity contribution is -0.348. The smallest absolute Gasteiger partial charge is 0.330 e. The molecule has 3 aliphatic rings. The summed E-state index contributed by atoms with van der Waals surface area (Å²) in [6, 6.07) is 11.1. The highest BCUT2D eigenvalue weighted by molar-refractivity contribution is 5.89. The fourth-order valence-electron chi connectivity index (χ4n) is 6.94. The number of phenolic OH excluding ortho intramolecular Hbond substituents is 4. The average Bonchev–Trinajstić information content (AvgIpc) is 3.25. The van der Waals surface area contributed by atoms with Gasteiger partial charge in [-0.05, 0) is 48.9 Å². The summed E-state index contributed by atoms with van der Waals surface area (Å²) in [5.74, 6) is -4.42. The number of hydrogen-bond acceptors (Lipinski definition) is 22. The Bertz CT molecular complexity index is 2350. The van der Waals surface area contributed by atoms with Crippen molar-refractivity contribution < 1.29 is 104 Å². The Hall–Kier alpha value is -5.60. The quantitative estimate of drug-likeness (QED) is 0.0458. The molecule has 3 fully saturated rings. The van der Waals surface area contributed by atoms with Crippen molar-refractivity contribution in [2.24, 2.45) is 0 Å². The number of aliphatic hydroxyl groups is 8. The minimum absolute atomic E-state index is 0.00628. The molecule has 0 aliphatic carbocycles. The first-order valence-electron chi connectivity index (χ1n) is 19.3. The van der Waals surface area contributed by atoms with Crippen LogP contribution in [0.3, 0.4) is 0 Å². The predicted octanol–water partition coefficient (Wildman–Crippen LogP) is -1.60. The van der Waals surface area contributed by atoms with Crippen LogP contribution in [0.2, 0.25) is 0 Å². The van der Waals surface area contributed by atoms with Gasteiger partial charge >= 0.3 is 5.97 Å². The van der Waals surface area contributed by atoms with Crippen LogP contribution in [0.1, 0.15) is 12.5 Å². The summed E-state index contributed by atoms with van der Waals surface area (Å²) in [7, 11) is 0. The third kappa shape index (κ3) is 9.52. The maximum atomic E-state index is 14.3. The fraction of sp³-hybridized carbons (Fsp3) is 0.415. The molecule has 4 aromatic rings. The zero-order valence-corrected chi connectivity index (χ0v) is 32.8. The van der Waals surface area contributed by atoms with Crippen molar-refractivity contribution in [1.82, 2.24) is 0 Å². The van der Waals surface area contributed by atoms with E-state index in [1.165, 1.54) is 43.3 Å². The molecule has 0 unspecified atom stereocenters. The molecular formula is C41H44O22. The summed E-state index contributed by atoms with van der Waals surface area (Å²) in [6.45, 7) is 0.0954. The van der Waals surface area contributed by atoms with Crippen LogP contribution in [0.15, 0.2) is 69.9 Å². The van der Waals surface area contributed by atoms with Gasteiger partial charge in [0.2, 0.25) is 23.8 Å². The lowest BCUT2D eigenvalue weighted by Crippen LogP contribution is -2.63. The van der Waals surface area contributed by atoms with Gasteiger partial charge in [-0.2, -0.15) is 0 Å². The first kappa shape index (κ1) is 45.4. The highest BCUT2D eigenvalue weighted by Gasteiger charge is 2.50. The number of phenols is 4. The maximum absolute atomic E-state index is 14.3. The van der Waals surface area contributed by atoms with Crippen molar-refractivity contribution in [1.29, 1.82) is 0 Å². The summed E-state index contributed by atoms with van der Waals surface area (Å²) < 4.78 is 45.4. The predicted molar refractivity (Wildman–Crippen MR) is 208 cm³/mol. The Morgan fingerprint density at radius 1 is 0.730 bits per heavy atom. The molecule has 7 rings (SSSR count). The topological polar surface area (TPSA) is 355 Å². The van der Waals surface area contributed by atoms with Crippen molar-refractivity contribution in [3.8, 4) is 45.8 Å². The number of ether oxygens (including phenoxy) is 7. The Morgan fingerprint density at radius 3 is 2.14 bits per heavy atom. The standard InChI is InChI=1S/C41H44O22/c1-15-28(48)32(52)34(54)39(58-15)59-19-11-22(45)27-24(12-19)60-36(17-5-8-20(43)21(44)10-17)37(31(27)51)62-41-38(29(49)23(46)13-57-41)63-40-35(55)33(53)30(50)25(61-40)14-56-26(47)9-4-16-2-6-18(42)7-3-16/h2-12,15,23,25,28-30,32-35,38-46,48-50,52-55H,13-14H2,1H3/b9-4+/t15-,23+,25-,28-,29-,30+,32+,33-,34-,35+,38+,39-,40+,41-/m0/s1. The first-order chi connectivity index (χ1) is 29.9. The van der Waals surface area contributed by atoms with Crippen LogP contribution in [-0.4, -0.2) is 166 Å². The van der Waals surface area contributed by atoms with Gasteiger partial charge in [-0.3, -0.25) is 4.79 Å². The normalized spacial score (nSPS) is 32.4. The molecule has 63 heavy (non-hydrogen) atoms. The van der Waals surface area contributed by atoms with Crippen molar-refractivity contribution >= 4 is 23.0 Å². The van der Waals surface area contributed by atoms with Gasteiger partial charge in [-0.1, -0.05) is 12.1 Å². The third-order valence-electron chi connectivity index (χ3n) is 10.5. The molecule has 3 aromatic carbocycles. The lowest BCUT2D eigenvalue weighted by atomic mass is 9.98. The molecule has 12 N–H and O–H groups in total. The number of fused-ring (bicyclic) bond motifs is 1. The summed E-state index contributed by atoms with van der Waals surface area (Å²) in [6.07, 6.45) is -21.8. The van der Waals surface area contributed by atoms with E-state index in [2.05, 4.69) is 0 Å². The summed E-state index contributed by atoms with van der Waals surface area (Å²) >= 11 is 0. The molecule has 0 bridgehead atoms. The molecule has 3 saturated heterocycles. The van der Waals surface area contributed by atoms with E-state index in [0.717, 1.165) is 30.3 Å². The van der Waals surface area contributed by atoms with Crippen LogP contribution in [0.5, 0.6) is 34.5 Å². The van der Waals surface area contributed by atoms with Gasteiger partial charge in [-0.15, -0.1) is 0 Å². The second-order valence-electron chi connectivity index (χ2n) is 15.0. The van der Waals surface area contributed by atoms with Crippen molar-refractivity contribution in [3.05, 3.63) is 76.5 Å². The van der Waals surface area contributed by atoms with Gasteiger partial charge in [0.15, 0.2) is 29.7 Å². The number of hydrogen-bond donors (Lipinski definition) is 12. The Morgan fingerprint density at radius 2 is 1.43 bits per heavy atom. The Kier molecular flexibility index (Phi) is 13.4. The van der Waals surface area contributed by atoms with E-state index in [-0.39, 0.29) is 22.6 Å². The molecule has 340 valence electrons. The first-order valence-corrected chi connectivity index (χ1v) is 19.3. The van der Waals surface area contributed by atoms with Crippen LogP contribution >= 0.6 is 0 Å². The number of aromatic hydroxyl groups is 4. The van der Waals surface area contributed by atoms with E-state index < -0.39 is 145 Å². The summed E-state index contributed by atoms with van der Waals surface area (Å²) in [5, 5.41) is 125. The molecule has 3 aliphatic heterocycles. The largest absolute Gasteiger partial charge is 0.508 e. The van der Waals surface area contributed by atoms with Gasteiger partial charge in [0.25, 0.3) is 0 Å². The van der Waals surface area contributed by atoms with E-state index in [9.17, 15) is 70.9 Å². The monoisotopic (exact) mass is 888 g/mol. The summed E-state index contributed by atoms with van der Waals surface area (Å²) in [4.78, 5) is 26.8. The number of esters is 1. The van der Waals surface area contributed by atoms with Crippen LogP contribution in [-0.2, 0) is 28.5 Å². The summed E-state index contributed by atoms with van der Waals surface area (Å²) in [5.41, 5.74) is -1.07. The SMILES string of the molecule is C[C@@H]1O[C@@H](Oc2cc(O)c3c(=O)c(O[C@@H]4OC[C@@H](O)[C@H](O)[C@H]4O[C@H]4O[C@@H](COC(=O)/C=C/c5ccc(O)cc5)[C@@H](O)[C@H](O)[C@H]4O)c(-c4ccc(O)c(O)c4)oc3c2)[C@@H](O)[C@H](O)[C@H]1O. The molecule has 0 radical (unpaired) electrons. The van der Waals surface area contributed by atoms with E-state index >= 15 is 0 Å². The van der Waals surface area contributed by atoms with Gasteiger partial charge in [0.05, 0.1) is 12.7 Å². The van der Waals surface area contributed by atoms with Crippen molar-refractivity contribution in [3.63, 3.8) is 0 Å². The third-order valence-corrected chi connectivity index (χ3v) is 10.5. The zero-order valence-electron chi connectivity index (χ0n) is 32.8. The Balaban J connectivity index is 1.17. The van der Waals surface area contributed by atoms with E-state index in [1.807, 2.05) is 0 Å².